The van der Waals surface area contributed by atoms with Crippen molar-refractivity contribution in [3.8, 4) is 0 Å². The molecule has 24 nitrogen and oxygen atoms in total. The minimum Gasteiger partial charge on any atom is -0.456 e. The Morgan fingerprint density at radius 1 is 0.800 bits per heavy atom. The second-order valence-corrected chi connectivity index (χ2v) is 25.0. The Bertz CT molecular complexity index is 2420. The Morgan fingerprint density at radius 3 is 2.15 bits per heavy atom. The average Bonchev–Trinajstić information content (AvgIpc) is 4.20. The average molecular weight is 1140 g/mol. The summed E-state index contributed by atoms with van der Waals surface area (Å²) in [7, 11) is 0. The van der Waals surface area contributed by atoms with Gasteiger partial charge >= 0.3 is 23.9 Å². The molecule has 6 saturated heterocycles. The first-order valence-electron chi connectivity index (χ1n) is 28.3. The lowest BCUT2D eigenvalue weighted by Gasteiger charge is -2.60. The molecule has 9 fully saturated rings. The molecule has 3 saturated carbocycles. The van der Waals surface area contributed by atoms with E-state index in [0.717, 1.165) is 45.6 Å². The van der Waals surface area contributed by atoms with E-state index in [-0.39, 0.29) is 61.2 Å². The molecule has 0 aromatic rings. The molecule has 0 unspecified atom stereocenters. The lowest BCUT2D eigenvalue weighted by molar-refractivity contribution is -0.393. The van der Waals surface area contributed by atoms with E-state index in [1.54, 1.807) is 13.8 Å². The van der Waals surface area contributed by atoms with Crippen molar-refractivity contribution in [3.63, 3.8) is 0 Å². The molecule has 24 heteroatoms. The number of allylic oxidation sites excluding steroid dienone is 1. The highest BCUT2D eigenvalue weighted by atomic mass is 16.8. The van der Waals surface area contributed by atoms with Crippen molar-refractivity contribution >= 4 is 23.9 Å². The first kappa shape index (κ1) is 59.9. The summed E-state index contributed by atoms with van der Waals surface area (Å²) in [5, 5.41) is 80.5. The van der Waals surface area contributed by atoms with Crippen molar-refractivity contribution in [2.45, 2.75) is 248 Å². The van der Waals surface area contributed by atoms with Gasteiger partial charge in [0.2, 0.25) is 5.79 Å². The quantitative estimate of drug-likeness (QED) is 0.0857. The van der Waals surface area contributed by atoms with Gasteiger partial charge in [-0.3, -0.25) is 14.4 Å². The predicted octanol–water partition coefficient (Wildman–Crippen LogP) is 0.864. The van der Waals surface area contributed by atoms with Gasteiger partial charge in [0.05, 0.1) is 43.2 Å². The molecule has 0 bridgehead atoms. The maximum absolute atomic E-state index is 13.0. The molecule has 0 radical (unpaired) electrons. The van der Waals surface area contributed by atoms with Crippen LogP contribution in [0.3, 0.4) is 0 Å². The molecule has 2 spiro atoms. The Balaban J connectivity index is 0.856. The number of carbonyl (C=O) groups is 4. The van der Waals surface area contributed by atoms with Crippen LogP contribution in [0.15, 0.2) is 23.8 Å². The van der Waals surface area contributed by atoms with E-state index in [9.17, 15) is 54.9 Å². The zero-order valence-corrected chi connectivity index (χ0v) is 47.1. The van der Waals surface area contributed by atoms with E-state index in [1.165, 1.54) is 13.8 Å². The number of ether oxygens (including phenoxy) is 13. The zero-order valence-electron chi connectivity index (χ0n) is 47.1. The molecule has 7 N–H and O–H groups in total. The van der Waals surface area contributed by atoms with Crippen molar-refractivity contribution < 1.29 is 117 Å². The van der Waals surface area contributed by atoms with Gasteiger partial charge in [-0.25, -0.2) is 4.79 Å². The normalized spacial score (nSPS) is 51.5. The fraction of sp³-hybridized carbons (Fsp3) is 0.857. The van der Waals surface area contributed by atoms with Crippen LogP contribution >= 0.6 is 0 Å². The van der Waals surface area contributed by atoms with Crippen molar-refractivity contribution in [2.75, 3.05) is 13.2 Å². The van der Waals surface area contributed by atoms with Crippen molar-refractivity contribution in [3.05, 3.63) is 23.8 Å². The van der Waals surface area contributed by atoms with Crippen LogP contribution in [0.2, 0.25) is 0 Å². The Kier molecular flexibility index (Phi) is 16.2. The minimum absolute atomic E-state index is 0.0264. The van der Waals surface area contributed by atoms with Crippen LogP contribution in [0.5, 0.6) is 0 Å². The summed E-state index contributed by atoms with van der Waals surface area (Å²) in [5.74, 6) is -7.17. The number of carbonyl (C=O) groups excluding carboxylic acids is 4. The van der Waals surface area contributed by atoms with Gasteiger partial charge in [-0.2, -0.15) is 0 Å². The van der Waals surface area contributed by atoms with Crippen LogP contribution in [0.25, 0.3) is 0 Å². The number of fused-ring (bicyclic) bond motifs is 7. The van der Waals surface area contributed by atoms with Gasteiger partial charge in [-0.05, 0) is 94.0 Å². The van der Waals surface area contributed by atoms with Gasteiger partial charge in [0.25, 0.3) is 5.79 Å². The van der Waals surface area contributed by atoms with E-state index in [0.29, 0.717) is 18.4 Å². The molecule has 10 aliphatic rings. The van der Waals surface area contributed by atoms with Crippen molar-refractivity contribution in [2.24, 2.45) is 40.4 Å². The summed E-state index contributed by atoms with van der Waals surface area (Å²) < 4.78 is 79.7. The van der Waals surface area contributed by atoms with Gasteiger partial charge in [-0.1, -0.05) is 45.9 Å². The summed E-state index contributed by atoms with van der Waals surface area (Å²) in [4.78, 5) is 50.1. The van der Waals surface area contributed by atoms with Crippen LogP contribution in [0, 0.1) is 40.4 Å². The van der Waals surface area contributed by atoms with Gasteiger partial charge < -0.3 is 97.3 Å². The molecule has 0 amide bonds. The Hall–Kier alpha value is -3.28. The maximum Gasteiger partial charge on any atom is 0.341 e. The highest BCUT2D eigenvalue weighted by Crippen LogP contribution is 2.71. The Labute approximate surface area is 464 Å². The third-order valence-corrected chi connectivity index (χ3v) is 20.2. The number of hydrogen-bond donors (Lipinski definition) is 7. The summed E-state index contributed by atoms with van der Waals surface area (Å²) in [5.41, 5.74) is -1.27. The molecule has 0 aromatic carbocycles. The van der Waals surface area contributed by atoms with E-state index < -0.39 is 163 Å². The minimum atomic E-state index is -2.16. The molecule has 4 aliphatic carbocycles. The molecule has 0 aromatic heterocycles. The molecular weight excluding hydrogens is 1060 g/mol. The molecule has 80 heavy (non-hydrogen) atoms. The monoisotopic (exact) mass is 1140 g/mol. The fourth-order valence-corrected chi connectivity index (χ4v) is 16.0. The number of rotatable bonds is 11. The third-order valence-electron chi connectivity index (χ3n) is 20.2. The fourth-order valence-electron chi connectivity index (χ4n) is 16.0. The molecule has 6 aliphatic heterocycles. The van der Waals surface area contributed by atoms with Crippen molar-refractivity contribution in [1.82, 2.24) is 0 Å². The topological polar surface area (TPSA) is 330 Å². The van der Waals surface area contributed by atoms with Crippen LogP contribution in [-0.2, 0) is 80.8 Å². The lowest BCUT2D eigenvalue weighted by Crippen LogP contribution is -2.68. The number of aliphatic hydroxyl groups is 7. The number of hydrogen-bond acceptors (Lipinski definition) is 24. The predicted molar refractivity (Wildman–Crippen MR) is 268 cm³/mol. The van der Waals surface area contributed by atoms with Crippen molar-refractivity contribution in [1.29, 1.82) is 0 Å². The molecular formula is C56H82O24. The third kappa shape index (κ3) is 9.69. The van der Waals surface area contributed by atoms with Gasteiger partial charge in [0, 0.05) is 38.5 Å². The van der Waals surface area contributed by atoms with E-state index in [1.807, 2.05) is 6.92 Å². The number of aliphatic hydroxyl groups excluding tert-OH is 6. The highest BCUT2D eigenvalue weighted by molar-refractivity contribution is 5.78. The largest absolute Gasteiger partial charge is 0.456 e. The van der Waals surface area contributed by atoms with Gasteiger partial charge in [0.1, 0.15) is 42.7 Å². The number of esters is 4. The second kappa shape index (κ2) is 21.7. The van der Waals surface area contributed by atoms with Crippen LogP contribution in [0.4, 0.5) is 0 Å². The van der Waals surface area contributed by atoms with E-state index >= 15 is 0 Å². The smallest absolute Gasteiger partial charge is 0.341 e. The van der Waals surface area contributed by atoms with Crippen LogP contribution < -0.4 is 0 Å². The molecule has 450 valence electrons. The van der Waals surface area contributed by atoms with Crippen LogP contribution in [-0.4, -0.2) is 207 Å². The first-order valence-corrected chi connectivity index (χ1v) is 28.3. The van der Waals surface area contributed by atoms with Gasteiger partial charge in [-0.15, -0.1) is 0 Å². The van der Waals surface area contributed by atoms with Gasteiger partial charge in [0.15, 0.2) is 49.4 Å². The SMILES string of the molecule is C=C1CO[C@@]2(O[C@H]3C[C@H]4[C@@H]5CC=C6C[C@@H](O)C[C@@H](O[C@@H]7OC[C@H](O)[C@H](O)[C@H]7O[C@@H]7O[C@@H](C)[C@H](OC(C)=O)[C@@H](OC(C)=O)[C@H]7OC(C)=O)[C@]6(C)[C@H]5CC[C@]4(C)[C@H]3[C@@H]2C)[C@@H](O)[C@H]1O[C@@H]1O[C@@H](C)[C@]2(OC(=O)[C@@H]([C@@](C)(O)CC)O2)[C@H](O)[C@H]1O. The van der Waals surface area contributed by atoms with Crippen LogP contribution in [0.1, 0.15) is 114 Å². The Morgan fingerprint density at radius 2 is 1.48 bits per heavy atom. The standard InChI is InChI=1S/C56H82O24/c1-12-53(10,67)47-48(66)80-56(79-47)25(5)71-49(39(63)45(56)64)76-40-22(2)20-69-55(46(40)65)23(3)37-35(78-55)19-33-31-14-13-29-17-30(60)18-36(54(29,11)32(31)15-16-52(33,37)9)75-50-42(38(62)34(61)21-68-50)77-51-44(74-28(8)59)43(73-27(7)58)41(24(4)70-51)72-26(6)57/h13,23-25,30-47,49-51,60-65,67H,2,12,14-21H2,1,3-11H3/t23-,24-,25-,30+,31+,32-,33-,34-,35-,36+,37-,38-,39+,40-,41-,42+,43+,44+,45+,46-,47-,49-,50-,51-,52-,53-,54-,55-,56-/m0/s1. The summed E-state index contributed by atoms with van der Waals surface area (Å²) in [6.07, 6.45) is -19.3. The lowest BCUT2D eigenvalue weighted by atomic mass is 9.46. The highest BCUT2D eigenvalue weighted by Gasteiger charge is 2.73. The first-order chi connectivity index (χ1) is 37.5. The summed E-state index contributed by atoms with van der Waals surface area (Å²) in [6.45, 7) is 19.7. The molecule has 6 heterocycles. The second-order valence-electron chi connectivity index (χ2n) is 25.0. The maximum atomic E-state index is 13.0. The summed E-state index contributed by atoms with van der Waals surface area (Å²) >= 11 is 0. The zero-order chi connectivity index (χ0) is 58.1. The molecule has 10 rings (SSSR count). The van der Waals surface area contributed by atoms with E-state index in [4.69, 9.17) is 61.6 Å². The summed E-state index contributed by atoms with van der Waals surface area (Å²) in [6, 6.07) is 0. The molecule has 29 atom stereocenters. The van der Waals surface area contributed by atoms with E-state index in [2.05, 4.69) is 26.5 Å².